The SMILES string of the molecule is CC(C)C(=O)[C@H]1CCCN(C)C1. The maximum Gasteiger partial charge on any atom is 0.139 e. The van der Waals surface area contributed by atoms with Crippen LogP contribution in [0.2, 0.25) is 0 Å². The molecule has 1 aliphatic heterocycles. The maximum absolute atomic E-state index is 11.6. The number of hydrogen-bond acceptors (Lipinski definition) is 2. The summed E-state index contributed by atoms with van der Waals surface area (Å²) in [6, 6.07) is 0. The van der Waals surface area contributed by atoms with Gasteiger partial charge >= 0.3 is 0 Å². The highest BCUT2D eigenvalue weighted by molar-refractivity contribution is 5.83. The Bertz CT molecular complexity index is 165. The van der Waals surface area contributed by atoms with Crippen molar-refractivity contribution in [3.05, 3.63) is 0 Å². The molecule has 1 saturated heterocycles. The monoisotopic (exact) mass is 169 g/mol. The van der Waals surface area contributed by atoms with Gasteiger partial charge in [0.05, 0.1) is 0 Å². The lowest BCUT2D eigenvalue weighted by Crippen LogP contribution is -2.37. The smallest absolute Gasteiger partial charge is 0.139 e. The van der Waals surface area contributed by atoms with Crippen LogP contribution in [-0.4, -0.2) is 30.8 Å². The van der Waals surface area contributed by atoms with Crippen LogP contribution in [0.1, 0.15) is 26.7 Å². The minimum atomic E-state index is 0.210. The van der Waals surface area contributed by atoms with Gasteiger partial charge in [-0.2, -0.15) is 0 Å². The molecule has 1 atom stereocenters. The van der Waals surface area contributed by atoms with Gasteiger partial charge in [-0.25, -0.2) is 0 Å². The summed E-state index contributed by atoms with van der Waals surface area (Å²) < 4.78 is 0. The molecule has 1 fully saturated rings. The van der Waals surface area contributed by atoms with E-state index in [0.29, 0.717) is 11.7 Å². The Morgan fingerprint density at radius 1 is 1.50 bits per heavy atom. The first-order valence-electron chi connectivity index (χ1n) is 4.83. The minimum Gasteiger partial charge on any atom is -0.306 e. The van der Waals surface area contributed by atoms with Crippen molar-refractivity contribution in [3.63, 3.8) is 0 Å². The molecule has 0 unspecified atom stereocenters. The molecule has 1 rings (SSSR count). The van der Waals surface area contributed by atoms with Gasteiger partial charge < -0.3 is 4.90 Å². The molecule has 0 spiro atoms. The fourth-order valence-corrected chi connectivity index (χ4v) is 1.87. The molecule has 0 aliphatic carbocycles. The van der Waals surface area contributed by atoms with E-state index < -0.39 is 0 Å². The van der Waals surface area contributed by atoms with Gasteiger partial charge in [-0.1, -0.05) is 13.8 Å². The van der Waals surface area contributed by atoms with E-state index in [1.54, 1.807) is 0 Å². The Hall–Kier alpha value is -0.370. The van der Waals surface area contributed by atoms with Crippen LogP contribution in [0.15, 0.2) is 0 Å². The van der Waals surface area contributed by atoms with E-state index in [-0.39, 0.29) is 5.92 Å². The van der Waals surface area contributed by atoms with E-state index in [4.69, 9.17) is 0 Å². The molecular formula is C10H19NO. The second-order valence-electron chi connectivity index (χ2n) is 4.16. The predicted molar refractivity (Wildman–Crippen MR) is 50.1 cm³/mol. The molecule has 1 heterocycles. The number of piperidine rings is 1. The molecule has 0 N–H and O–H groups in total. The first kappa shape index (κ1) is 9.72. The molecule has 0 aromatic heterocycles. The number of carbonyl (C=O) groups is 1. The molecule has 70 valence electrons. The van der Waals surface area contributed by atoms with Crippen molar-refractivity contribution >= 4 is 5.78 Å². The van der Waals surface area contributed by atoms with Crippen molar-refractivity contribution in [2.75, 3.05) is 20.1 Å². The Labute approximate surface area is 74.9 Å². The predicted octanol–water partition coefficient (Wildman–Crippen LogP) is 1.55. The van der Waals surface area contributed by atoms with Crippen LogP contribution >= 0.6 is 0 Å². The average Bonchev–Trinajstić information content (AvgIpc) is 2.03. The highest BCUT2D eigenvalue weighted by atomic mass is 16.1. The molecule has 0 amide bonds. The zero-order valence-corrected chi connectivity index (χ0v) is 8.34. The largest absolute Gasteiger partial charge is 0.306 e. The lowest BCUT2D eigenvalue weighted by molar-refractivity contribution is -0.127. The maximum atomic E-state index is 11.6. The van der Waals surface area contributed by atoms with E-state index in [2.05, 4.69) is 11.9 Å². The standard InChI is InChI=1S/C10H19NO/c1-8(2)10(12)9-5-4-6-11(3)7-9/h8-9H,4-7H2,1-3H3/t9-/m0/s1. The first-order chi connectivity index (χ1) is 5.61. The van der Waals surface area contributed by atoms with Crippen LogP contribution in [0.25, 0.3) is 0 Å². The number of carbonyl (C=O) groups excluding carboxylic acids is 1. The highest BCUT2D eigenvalue weighted by Gasteiger charge is 2.25. The number of ketones is 1. The van der Waals surface area contributed by atoms with Crippen molar-refractivity contribution in [2.45, 2.75) is 26.7 Å². The van der Waals surface area contributed by atoms with Crippen LogP contribution in [0, 0.1) is 11.8 Å². The van der Waals surface area contributed by atoms with E-state index in [9.17, 15) is 4.79 Å². The summed E-state index contributed by atoms with van der Waals surface area (Å²) in [4.78, 5) is 13.9. The molecule has 0 saturated carbocycles. The second-order valence-corrected chi connectivity index (χ2v) is 4.16. The van der Waals surface area contributed by atoms with Gasteiger partial charge in [-0.3, -0.25) is 4.79 Å². The fraction of sp³-hybridized carbons (Fsp3) is 0.900. The lowest BCUT2D eigenvalue weighted by atomic mass is 9.88. The van der Waals surface area contributed by atoms with E-state index in [0.717, 1.165) is 19.5 Å². The van der Waals surface area contributed by atoms with Gasteiger partial charge in [-0.05, 0) is 26.4 Å². The van der Waals surface area contributed by atoms with Gasteiger partial charge in [0.1, 0.15) is 5.78 Å². The van der Waals surface area contributed by atoms with Crippen molar-refractivity contribution in [1.82, 2.24) is 4.90 Å². The summed E-state index contributed by atoms with van der Waals surface area (Å²) in [6.07, 6.45) is 2.28. The summed E-state index contributed by atoms with van der Waals surface area (Å²) in [5.74, 6) is 0.965. The second kappa shape index (κ2) is 4.04. The van der Waals surface area contributed by atoms with E-state index in [1.807, 2.05) is 13.8 Å². The Morgan fingerprint density at radius 3 is 2.67 bits per heavy atom. The molecule has 12 heavy (non-hydrogen) atoms. The van der Waals surface area contributed by atoms with Gasteiger partial charge in [0.2, 0.25) is 0 Å². The zero-order valence-electron chi connectivity index (χ0n) is 8.34. The number of hydrogen-bond donors (Lipinski definition) is 0. The summed E-state index contributed by atoms with van der Waals surface area (Å²) in [5.41, 5.74) is 0. The van der Waals surface area contributed by atoms with E-state index in [1.165, 1.54) is 6.42 Å². The number of Topliss-reactive ketones (excluding diaryl/α,β-unsaturated/α-hetero) is 1. The first-order valence-corrected chi connectivity index (χ1v) is 4.83. The van der Waals surface area contributed by atoms with Crippen molar-refractivity contribution < 1.29 is 4.79 Å². The molecule has 0 radical (unpaired) electrons. The summed E-state index contributed by atoms with van der Waals surface area (Å²) in [5, 5.41) is 0. The summed E-state index contributed by atoms with van der Waals surface area (Å²) >= 11 is 0. The third-order valence-corrected chi connectivity index (χ3v) is 2.60. The van der Waals surface area contributed by atoms with Gasteiger partial charge in [0, 0.05) is 18.4 Å². The Balaban J connectivity index is 2.46. The number of likely N-dealkylation sites (tertiary alicyclic amines) is 1. The van der Waals surface area contributed by atoms with Gasteiger partial charge in [-0.15, -0.1) is 0 Å². The molecule has 0 aromatic carbocycles. The molecule has 0 bridgehead atoms. The molecule has 2 heteroatoms. The van der Waals surface area contributed by atoms with Crippen molar-refractivity contribution in [2.24, 2.45) is 11.8 Å². The topological polar surface area (TPSA) is 20.3 Å². The van der Waals surface area contributed by atoms with Crippen molar-refractivity contribution in [3.8, 4) is 0 Å². The van der Waals surface area contributed by atoms with Gasteiger partial charge in [0.15, 0.2) is 0 Å². The third kappa shape index (κ3) is 2.31. The Morgan fingerprint density at radius 2 is 2.17 bits per heavy atom. The van der Waals surface area contributed by atoms with Crippen LogP contribution in [0.3, 0.4) is 0 Å². The molecule has 1 aliphatic rings. The molecular weight excluding hydrogens is 150 g/mol. The normalized spacial score (nSPS) is 26.2. The van der Waals surface area contributed by atoms with Crippen LogP contribution in [0.5, 0.6) is 0 Å². The summed E-state index contributed by atoms with van der Waals surface area (Å²) in [7, 11) is 2.10. The van der Waals surface area contributed by atoms with Crippen LogP contribution in [0.4, 0.5) is 0 Å². The quantitative estimate of drug-likeness (QED) is 0.625. The zero-order chi connectivity index (χ0) is 9.14. The third-order valence-electron chi connectivity index (χ3n) is 2.60. The highest BCUT2D eigenvalue weighted by Crippen LogP contribution is 2.18. The van der Waals surface area contributed by atoms with Crippen LogP contribution < -0.4 is 0 Å². The van der Waals surface area contributed by atoms with Gasteiger partial charge in [0.25, 0.3) is 0 Å². The number of rotatable bonds is 2. The van der Waals surface area contributed by atoms with Crippen molar-refractivity contribution in [1.29, 1.82) is 0 Å². The molecule has 2 nitrogen and oxygen atoms in total. The fourth-order valence-electron chi connectivity index (χ4n) is 1.87. The lowest BCUT2D eigenvalue weighted by Gasteiger charge is -2.29. The summed E-state index contributed by atoms with van der Waals surface area (Å²) in [6.45, 7) is 6.12. The van der Waals surface area contributed by atoms with E-state index >= 15 is 0 Å². The average molecular weight is 169 g/mol. The minimum absolute atomic E-state index is 0.210. The number of nitrogens with zero attached hydrogens (tertiary/aromatic N) is 1. The Kier molecular flexibility index (Phi) is 3.27. The molecule has 0 aromatic rings. The van der Waals surface area contributed by atoms with Crippen LogP contribution in [-0.2, 0) is 4.79 Å².